The van der Waals surface area contributed by atoms with Gasteiger partial charge < -0.3 is 5.32 Å². The Morgan fingerprint density at radius 3 is 2.64 bits per heavy atom. The number of rotatable bonds is 6. The van der Waals surface area contributed by atoms with Gasteiger partial charge in [0.25, 0.3) is 5.91 Å². The molecule has 2 aromatic carbocycles. The summed E-state index contributed by atoms with van der Waals surface area (Å²) in [7, 11) is 0. The Labute approximate surface area is 151 Å². The summed E-state index contributed by atoms with van der Waals surface area (Å²) in [6.45, 7) is 2.97. The van der Waals surface area contributed by atoms with Crippen molar-refractivity contribution in [2.24, 2.45) is 0 Å². The van der Waals surface area contributed by atoms with Crippen LogP contribution < -0.4 is 5.32 Å². The van der Waals surface area contributed by atoms with Gasteiger partial charge in [-0.25, -0.2) is 4.68 Å². The van der Waals surface area contributed by atoms with Crippen LogP contribution in [0.25, 0.3) is 0 Å². The number of hydrogen-bond acceptors (Lipinski definition) is 3. The smallest absolute Gasteiger partial charge is 0.273 e. The highest BCUT2D eigenvalue weighted by atomic mass is 35.5. The maximum atomic E-state index is 12.3. The second-order valence-electron chi connectivity index (χ2n) is 5.80. The maximum absolute atomic E-state index is 12.3. The molecule has 0 unspecified atom stereocenters. The first-order valence-corrected chi connectivity index (χ1v) is 8.48. The summed E-state index contributed by atoms with van der Waals surface area (Å²) in [5, 5.41) is 11.7. The minimum atomic E-state index is -0.209. The van der Waals surface area contributed by atoms with E-state index in [1.165, 1.54) is 0 Å². The molecule has 0 saturated heterocycles. The van der Waals surface area contributed by atoms with E-state index in [1.807, 2.05) is 61.5 Å². The number of carbonyl (C=O) groups excluding carboxylic acids is 1. The van der Waals surface area contributed by atoms with E-state index in [0.717, 1.165) is 16.8 Å². The van der Waals surface area contributed by atoms with Gasteiger partial charge in [-0.05, 0) is 36.6 Å². The summed E-state index contributed by atoms with van der Waals surface area (Å²) in [5.74, 6) is -0.209. The number of halogens is 1. The van der Waals surface area contributed by atoms with Gasteiger partial charge in [0.05, 0.1) is 12.2 Å². The van der Waals surface area contributed by atoms with Crippen LogP contribution in [0.5, 0.6) is 0 Å². The van der Waals surface area contributed by atoms with Crippen molar-refractivity contribution in [2.75, 3.05) is 6.54 Å². The van der Waals surface area contributed by atoms with E-state index in [9.17, 15) is 4.79 Å². The number of nitrogens with one attached hydrogen (secondary N) is 1. The minimum absolute atomic E-state index is 0.209. The Balaban J connectivity index is 1.59. The molecular formula is C19H19ClN4O. The third kappa shape index (κ3) is 4.45. The van der Waals surface area contributed by atoms with E-state index in [-0.39, 0.29) is 5.91 Å². The largest absolute Gasteiger partial charge is 0.350 e. The summed E-state index contributed by atoms with van der Waals surface area (Å²) in [4.78, 5) is 12.3. The lowest BCUT2D eigenvalue weighted by atomic mass is 10.1. The Hall–Kier alpha value is -2.66. The second-order valence-corrected chi connectivity index (χ2v) is 6.24. The Bertz CT molecular complexity index is 861. The van der Waals surface area contributed by atoms with Crippen molar-refractivity contribution in [1.82, 2.24) is 20.3 Å². The first-order valence-electron chi connectivity index (χ1n) is 8.10. The van der Waals surface area contributed by atoms with Gasteiger partial charge in [0.1, 0.15) is 0 Å². The molecular weight excluding hydrogens is 336 g/mol. The molecule has 0 radical (unpaired) electrons. The fourth-order valence-corrected chi connectivity index (χ4v) is 2.79. The van der Waals surface area contributed by atoms with Crippen LogP contribution in [0, 0.1) is 6.92 Å². The van der Waals surface area contributed by atoms with Crippen molar-refractivity contribution >= 4 is 17.5 Å². The lowest BCUT2D eigenvalue weighted by Crippen LogP contribution is -2.26. The lowest BCUT2D eigenvalue weighted by molar-refractivity contribution is 0.0948. The molecule has 25 heavy (non-hydrogen) atoms. The molecule has 0 bridgehead atoms. The Kier molecular flexibility index (Phi) is 5.46. The SMILES string of the molecule is Cc1c(C(=O)NCCc2cccc(Cl)c2)nnn1Cc1ccccc1. The summed E-state index contributed by atoms with van der Waals surface area (Å²) < 4.78 is 1.74. The standard InChI is InChI=1S/C19H19ClN4O/c1-14-18(22-23-24(14)13-16-6-3-2-4-7-16)19(25)21-11-10-15-8-5-9-17(20)12-15/h2-9,12H,10-11,13H2,1H3,(H,21,25). The van der Waals surface area contributed by atoms with E-state index in [0.29, 0.717) is 30.2 Å². The molecule has 1 amide bonds. The number of amides is 1. The molecule has 1 heterocycles. The summed E-state index contributed by atoms with van der Waals surface area (Å²) in [6, 6.07) is 17.6. The molecule has 0 saturated carbocycles. The van der Waals surface area contributed by atoms with Gasteiger partial charge in [0.2, 0.25) is 0 Å². The minimum Gasteiger partial charge on any atom is -0.350 e. The predicted octanol–water partition coefficient (Wildman–Crippen LogP) is 3.26. The van der Waals surface area contributed by atoms with E-state index < -0.39 is 0 Å². The molecule has 0 fully saturated rings. The fourth-order valence-electron chi connectivity index (χ4n) is 2.57. The van der Waals surface area contributed by atoms with Gasteiger partial charge in [-0.15, -0.1) is 5.10 Å². The second kappa shape index (κ2) is 7.94. The van der Waals surface area contributed by atoms with Crippen molar-refractivity contribution in [3.63, 3.8) is 0 Å². The average molecular weight is 355 g/mol. The number of hydrogen-bond donors (Lipinski definition) is 1. The van der Waals surface area contributed by atoms with Gasteiger partial charge in [-0.2, -0.15) is 0 Å². The zero-order chi connectivity index (χ0) is 17.6. The van der Waals surface area contributed by atoms with Crippen LogP contribution in [-0.4, -0.2) is 27.4 Å². The molecule has 6 heteroatoms. The quantitative estimate of drug-likeness (QED) is 0.739. The molecule has 5 nitrogen and oxygen atoms in total. The van der Waals surface area contributed by atoms with Crippen LogP contribution >= 0.6 is 11.6 Å². The Morgan fingerprint density at radius 1 is 1.12 bits per heavy atom. The van der Waals surface area contributed by atoms with E-state index in [4.69, 9.17) is 11.6 Å². The number of nitrogens with zero attached hydrogens (tertiary/aromatic N) is 3. The molecule has 1 aromatic heterocycles. The van der Waals surface area contributed by atoms with E-state index in [2.05, 4.69) is 15.6 Å². The van der Waals surface area contributed by atoms with Gasteiger partial charge in [-0.1, -0.05) is 59.3 Å². The molecule has 0 aliphatic heterocycles. The molecule has 0 atom stereocenters. The van der Waals surface area contributed by atoms with E-state index >= 15 is 0 Å². The van der Waals surface area contributed by atoms with Crippen LogP contribution in [0.4, 0.5) is 0 Å². The molecule has 3 rings (SSSR count). The zero-order valence-corrected chi connectivity index (χ0v) is 14.7. The lowest BCUT2D eigenvalue weighted by Gasteiger charge is -2.06. The van der Waals surface area contributed by atoms with Gasteiger partial charge in [-0.3, -0.25) is 4.79 Å². The van der Waals surface area contributed by atoms with Crippen molar-refractivity contribution < 1.29 is 4.79 Å². The summed E-state index contributed by atoms with van der Waals surface area (Å²) in [6.07, 6.45) is 0.712. The molecule has 128 valence electrons. The molecule has 3 aromatic rings. The van der Waals surface area contributed by atoms with Gasteiger partial charge in [0, 0.05) is 11.6 Å². The predicted molar refractivity (Wildman–Crippen MR) is 97.8 cm³/mol. The molecule has 0 spiro atoms. The topological polar surface area (TPSA) is 59.8 Å². The zero-order valence-electron chi connectivity index (χ0n) is 13.9. The van der Waals surface area contributed by atoms with E-state index in [1.54, 1.807) is 4.68 Å². The highest BCUT2D eigenvalue weighted by Gasteiger charge is 2.16. The van der Waals surface area contributed by atoms with Crippen LogP contribution in [0.15, 0.2) is 54.6 Å². The highest BCUT2D eigenvalue weighted by molar-refractivity contribution is 6.30. The van der Waals surface area contributed by atoms with Crippen LogP contribution in [0.2, 0.25) is 5.02 Å². The first kappa shape index (κ1) is 17.2. The molecule has 1 N–H and O–H groups in total. The summed E-state index contributed by atoms with van der Waals surface area (Å²) in [5.41, 5.74) is 3.31. The number of benzene rings is 2. The van der Waals surface area contributed by atoms with Gasteiger partial charge >= 0.3 is 0 Å². The van der Waals surface area contributed by atoms with Crippen LogP contribution in [0.1, 0.15) is 27.3 Å². The normalized spacial score (nSPS) is 10.6. The van der Waals surface area contributed by atoms with Crippen LogP contribution in [0.3, 0.4) is 0 Å². The fraction of sp³-hybridized carbons (Fsp3) is 0.211. The van der Waals surface area contributed by atoms with Gasteiger partial charge in [0.15, 0.2) is 5.69 Å². The molecule has 0 aliphatic rings. The first-order chi connectivity index (χ1) is 12.1. The van der Waals surface area contributed by atoms with Crippen molar-refractivity contribution in [2.45, 2.75) is 19.9 Å². The number of aromatic nitrogens is 3. The van der Waals surface area contributed by atoms with Crippen molar-refractivity contribution in [1.29, 1.82) is 0 Å². The molecule has 0 aliphatic carbocycles. The van der Waals surface area contributed by atoms with Crippen LogP contribution in [-0.2, 0) is 13.0 Å². The monoisotopic (exact) mass is 354 g/mol. The average Bonchev–Trinajstić information content (AvgIpc) is 2.97. The van der Waals surface area contributed by atoms with Crippen molar-refractivity contribution in [3.05, 3.63) is 82.1 Å². The maximum Gasteiger partial charge on any atom is 0.273 e. The van der Waals surface area contributed by atoms with Crippen molar-refractivity contribution in [3.8, 4) is 0 Å². The highest BCUT2D eigenvalue weighted by Crippen LogP contribution is 2.11. The summed E-state index contributed by atoms with van der Waals surface area (Å²) >= 11 is 5.96. The number of carbonyl (C=O) groups is 1. The third-order valence-electron chi connectivity index (χ3n) is 3.96. The Morgan fingerprint density at radius 2 is 1.88 bits per heavy atom. The third-order valence-corrected chi connectivity index (χ3v) is 4.20.